The number of nitrogens with zero attached hydrogens (tertiary/aromatic N) is 1. The molecular weight excluding hydrogens is 226 g/mol. The summed E-state index contributed by atoms with van der Waals surface area (Å²) in [5.74, 6) is 0.132. The molecule has 0 aromatic heterocycles. The van der Waals surface area contributed by atoms with E-state index in [1.165, 1.54) is 0 Å². The lowest BCUT2D eigenvalue weighted by atomic mass is 10.0. The topological polar surface area (TPSA) is 40.5 Å². The number of carbonyl (C=O) groups excluding carboxylic acids is 1. The third kappa shape index (κ3) is 4.15. The minimum atomic E-state index is 0.126. The van der Waals surface area contributed by atoms with Crippen LogP contribution in [0.15, 0.2) is 24.3 Å². The van der Waals surface area contributed by atoms with E-state index < -0.39 is 0 Å². The van der Waals surface area contributed by atoms with E-state index in [-0.39, 0.29) is 18.6 Å². The number of hydrogen-bond donors (Lipinski definition) is 1. The van der Waals surface area contributed by atoms with Gasteiger partial charge in [-0.1, -0.05) is 24.3 Å². The van der Waals surface area contributed by atoms with Crippen LogP contribution in [0.3, 0.4) is 0 Å². The SMILES string of the molecule is Cc1ccccc1CC(=O)N(CCCO)C(C)C. The quantitative estimate of drug-likeness (QED) is 0.839. The van der Waals surface area contributed by atoms with Crippen LogP contribution >= 0.6 is 0 Å². The molecule has 1 rings (SSSR count). The van der Waals surface area contributed by atoms with Crippen molar-refractivity contribution in [3.8, 4) is 0 Å². The number of rotatable bonds is 6. The second kappa shape index (κ2) is 7.17. The van der Waals surface area contributed by atoms with E-state index in [1.807, 2.05) is 49.9 Å². The summed E-state index contributed by atoms with van der Waals surface area (Å²) in [7, 11) is 0. The van der Waals surface area contributed by atoms with Crippen molar-refractivity contribution >= 4 is 5.91 Å². The van der Waals surface area contributed by atoms with Crippen molar-refractivity contribution in [1.82, 2.24) is 4.90 Å². The zero-order chi connectivity index (χ0) is 13.5. The summed E-state index contributed by atoms with van der Waals surface area (Å²) >= 11 is 0. The first-order valence-corrected chi connectivity index (χ1v) is 6.51. The molecule has 1 N–H and O–H groups in total. The van der Waals surface area contributed by atoms with Crippen LogP contribution in [-0.4, -0.2) is 35.1 Å². The van der Waals surface area contributed by atoms with Gasteiger partial charge in [0.1, 0.15) is 0 Å². The Hall–Kier alpha value is -1.35. The molecule has 1 aromatic rings. The number of aliphatic hydroxyl groups is 1. The van der Waals surface area contributed by atoms with Crippen LogP contribution in [0.25, 0.3) is 0 Å². The predicted octanol–water partition coefficient (Wildman–Crippen LogP) is 2.16. The molecule has 0 spiro atoms. The van der Waals surface area contributed by atoms with E-state index in [0.717, 1.165) is 11.1 Å². The van der Waals surface area contributed by atoms with Gasteiger partial charge >= 0.3 is 0 Å². The van der Waals surface area contributed by atoms with Gasteiger partial charge in [0.25, 0.3) is 0 Å². The van der Waals surface area contributed by atoms with Gasteiger partial charge in [-0.2, -0.15) is 0 Å². The minimum absolute atomic E-state index is 0.126. The van der Waals surface area contributed by atoms with E-state index in [0.29, 0.717) is 19.4 Å². The number of benzene rings is 1. The molecule has 100 valence electrons. The maximum Gasteiger partial charge on any atom is 0.227 e. The molecule has 0 fully saturated rings. The highest BCUT2D eigenvalue weighted by Gasteiger charge is 2.17. The van der Waals surface area contributed by atoms with Gasteiger partial charge in [-0.15, -0.1) is 0 Å². The van der Waals surface area contributed by atoms with Crippen LogP contribution in [0.5, 0.6) is 0 Å². The molecule has 0 aliphatic heterocycles. The maximum absolute atomic E-state index is 12.3. The lowest BCUT2D eigenvalue weighted by molar-refractivity contribution is -0.132. The van der Waals surface area contributed by atoms with E-state index in [9.17, 15) is 4.79 Å². The molecule has 0 saturated carbocycles. The number of amides is 1. The van der Waals surface area contributed by atoms with Crippen molar-refractivity contribution < 1.29 is 9.90 Å². The monoisotopic (exact) mass is 249 g/mol. The molecule has 0 unspecified atom stereocenters. The predicted molar refractivity (Wildman–Crippen MR) is 73.4 cm³/mol. The highest BCUT2D eigenvalue weighted by atomic mass is 16.3. The summed E-state index contributed by atoms with van der Waals surface area (Å²) in [6.45, 7) is 6.79. The van der Waals surface area contributed by atoms with Crippen molar-refractivity contribution in [2.75, 3.05) is 13.2 Å². The smallest absolute Gasteiger partial charge is 0.227 e. The Morgan fingerprint density at radius 2 is 2.00 bits per heavy atom. The van der Waals surface area contributed by atoms with E-state index in [2.05, 4.69) is 0 Å². The average molecular weight is 249 g/mol. The lowest BCUT2D eigenvalue weighted by Crippen LogP contribution is -2.39. The third-order valence-corrected chi connectivity index (χ3v) is 3.10. The van der Waals surface area contributed by atoms with Gasteiger partial charge in [0.05, 0.1) is 6.42 Å². The van der Waals surface area contributed by atoms with Gasteiger partial charge in [-0.05, 0) is 38.3 Å². The Balaban J connectivity index is 2.70. The fraction of sp³-hybridized carbons (Fsp3) is 0.533. The summed E-state index contributed by atoms with van der Waals surface area (Å²) in [4.78, 5) is 14.1. The van der Waals surface area contributed by atoms with Crippen LogP contribution in [0.1, 0.15) is 31.4 Å². The molecule has 0 saturated heterocycles. The third-order valence-electron chi connectivity index (χ3n) is 3.10. The zero-order valence-corrected chi connectivity index (χ0v) is 11.5. The number of aryl methyl sites for hydroxylation is 1. The first-order valence-electron chi connectivity index (χ1n) is 6.51. The van der Waals surface area contributed by atoms with Crippen molar-refractivity contribution in [1.29, 1.82) is 0 Å². The largest absolute Gasteiger partial charge is 0.396 e. The molecule has 0 aliphatic rings. The molecule has 1 amide bonds. The fourth-order valence-corrected chi connectivity index (χ4v) is 1.98. The summed E-state index contributed by atoms with van der Waals surface area (Å²) in [6, 6.07) is 8.14. The normalized spacial score (nSPS) is 10.7. The fourth-order valence-electron chi connectivity index (χ4n) is 1.98. The van der Waals surface area contributed by atoms with Crippen LogP contribution in [-0.2, 0) is 11.2 Å². The first kappa shape index (κ1) is 14.7. The van der Waals surface area contributed by atoms with Crippen LogP contribution in [0.2, 0.25) is 0 Å². The van der Waals surface area contributed by atoms with Gasteiger partial charge in [0.15, 0.2) is 0 Å². The summed E-state index contributed by atoms with van der Waals surface area (Å²) in [5, 5.41) is 8.87. The van der Waals surface area contributed by atoms with Gasteiger partial charge < -0.3 is 10.0 Å². The number of hydrogen-bond acceptors (Lipinski definition) is 2. The lowest BCUT2D eigenvalue weighted by Gasteiger charge is -2.27. The van der Waals surface area contributed by atoms with Crippen LogP contribution < -0.4 is 0 Å². The summed E-state index contributed by atoms with van der Waals surface area (Å²) in [5.41, 5.74) is 2.23. The van der Waals surface area contributed by atoms with Crippen LogP contribution in [0, 0.1) is 6.92 Å². The zero-order valence-electron chi connectivity index (χ0n) is 11.5. The first-order chi connectivity index (χ1) is 8.56. The Labute approximate surface area is 109 Å². The van der Waals surface area contributed by atoms with Gasteiger partial charge in [-0.25, -0.2) is 0 Å². The van der Waals surface area contributed by atoms with Crippen molar-refractivity contribution in [2.45, 2.75) is 39.7 Å². The molecule has 3 heteroatoms. The van der Waals surface area contributed by atoms with Gasteiger partial charge in [0.2, 0.25) is 5.91 Å². The van der Waals surface area contributed by atoms with Crippen LogP contribution in [0.4, 0.5) is 0 Å². The highest BCUT2D eigenvalue weighted by molar-refractivity contribution is 5.79. The molecule has 0 bridgehead atoms. The minimum Gasteiger partial charge on any atom is -0.396 e. The number of carbonyl (C=O) groups is 1. The Bertz CT molecular complexity index is 388. The van der Waals surface area contributed by atoms with Crippen molar-refractivity contribution in [3.05, 3.63) is 35.4 Å². The molecule has 3 nitrogen and oxygen atoms in total. The van der Waals surface area contributed by atoms with E-state index in [4.69, 9.17) is 5.11 Å². The molecule has 0 heterocycles. The van der Waals surface area contributed by atoms with E-state index in [1.54, 1.807) is 0 Å². The Kier molecular flexibility index (Phi) is 5.86. The molecule has 1 aromatic carbocycles. The summed E-state index contributed by atoms with van der Waals surface area (Å²) < 4.78 is 0. The Morgan fingerprint density at radius 1 is 1.33 bits per heavy atom. The molecule has 18 heavy (non-hydrogen) atoms. The van der Waals surface area contributed by atoms with E-state index >= 15 is 0 Å². The van der Waals surface area contributed by atoms with Crippen molar-refractivity contribution in [2.24, 2.45) is 0 Å². The average Bonchev–Trinajstić information content (AvgIpc) is 2.32. The Morgan fingerprint density at radius 3 is 2.56 bits per heavy atom. The molecule has 0 radical (unpaired) electrons. The second-order valence-corrected chi connectivity index (χ2v) is 4.86. The number of aliphatic hydroxyl groups excluding tert-OH is 1. The molecular formula is C15H23NO2. The van der Waals surface area contributed by atoms with Crippen molar-refractivity contribution in [3.63, 3.8) is 0 Å². The van der Waals surface area contributed by atoms with Gasteiger partial charge in [-0.3, -0.25) is 4.79 Å². The molecule has 0 aliphatic carbocycles. The maximum atomic E-state index is 12.3. The van der Waals surface area contributed by atoms with Gasteiger partial charge in [0, 0.05) is 19.2 Å². The highest BCUT2D eigenvalue weighted by Crippen LogP contribution is 2.11. The standard InChI is InChI=1S/C15H23NO2/c1-12(2)16(9-6-10-17)15(18)11-14-8-5-4-7-13(14)3/h4-5,7-8,12,17H,6,9-11H2,1-3H3. The summed E-state index contributed by atoms with van der Waals surface area (Å²) in [6.07, 6.45) is 1.08. The second-order valence-electron chi connectivity index (χ2n) is 4.86. The molecule has 0 atom stereocenters.